The Morgan fingerprint density at radius 2 is 1.89 bits per heavy atom. The lowest BCUT2D eigenvalue weighted by Gasteiger charge is -2.21. The van der Waals surface area contributed by atoms with Crippen LogP contribution in [0, 0.1) is 6.92 Å². The maximum atomic E-state index is 12.6. The monoisotopic (exact) mass is 436 g/mol. The van der Waals surface area contributed by atoms with Crippen molar-refractivity contribution in [2.45, 2.75) is 26.3 Å². The summed E-state index contributed by atoms with van der Waals surface area (Å²) in [5.74, 6) is 0.644. The lowest BCUT2D eigenvalue weighted by molar-refractivity contribution is 0.554. The molecule has 2 aromatic heterocycles. The molecule has 0 radical (unpaired) electrons. The maximum absolute atomic E-state index is 12.6. The summed E-state index contributed by atoms with van der Waals surface area (Å²) in [4.78, 5) is 20.2. The summed E-state index contributed by atoms with van der Waals surface area (Å²) >= 11 is 3.48. The number of halogens is 1. The number of nitrogens with zero attached hydrogens (tertiary/aromatic N) is 1. The third kappa shape index (κ3) is 3.30. The summed E-state index contributed by atoms with van der Waals surface area (Å²) in [6.07, 6.45) is 1.65. The van der Waals surface area contributed by atoms with Crippen LogP contribution in [-0.4, -0.2) is 9.97 Å². The highest BCUT2D eigenvalue weighted by Crippen LogP contribution is 2.32. The van der Waals surface area contributed by atoms with E-state index in [1.165, 1.54) is 0 Å². The molecule has 0 atom stereocenters. The second-order valence-electron chi connectivity index (χ2n) is 7.59. The lowest BCUT2D eigenvalue weighted by atomic mass is 9.94. The van der Waals surface area contributed by atoms with Gasteiger partial charge in [0.05, 0.1) is 10.9 Å². The van der Waals surface area contributed by atoms with Gasteiger partial charge in [-0.25, -0.2) is 4.98 Å². The number of fused-ring (bicyclic) bond motifs is 3. The Kier molecular flexibility index (Phi) is 4.48. The van der Waals surface area contributed by atoms with Crippen molar-refractivity contribution in [2.75, 3.05) is 5.32 Å². The number of nitrogens with one attached hydrogen (secondary N) is 2. The van der Waals surface area contributed by atoms with Crippen molar-refractivity contribution in [1.82, 2.24) is 9.97 Å². The average molecular weight is 437 g/mol. The second-order valence-corrected chi connectivity index (χ2v) is 8.51. The van der Waals surface area contributed by atoms with Crippen LogP contribution in [-0.2, 0) is 5.54 Å². The van der Waals surface area contributed by atoms with E-state index >= 15 is 0 Å². The van der Waals surface area contributed by atoms with Crippen LogP contribution >= 0.6 is 15.9 Å². The first-order valence-electron chi connectivity index (χ1n) is 9.02. The van der Waals surface area contributed by atoms with Gasteiger partial charge in [0.2, 0.25) is 0 Å². The molecule has 2 heterocycles. The molecule has 5 nitrogen and oxygen atoms in total. The quantitative estimate of drug-likeness (QED) is 0.390. The SMILES string of the molecule is Cc1ccc(C(C)(C)N)cc1Nc1nc2ccc(Br)cc2c2c(=O)[nH]ccc12. The fraction of sp³-hybridized carbons (Fsp3) is 0.182. The number of benzene rings is 2. The number of aromatic amines is 1. The highest BCUT2D eigenvalue weighted by atomic mass is 79.9. The molecule has 0 bridgehead atoms. The van der Waals surface area contributed by atoms with Gasteiger partial charge in [-0.1, -0.05) is 28.1 Å². The third-order valence-electron chi connectivity index (χ3n) is 4.91. The Morgan fingerprint density at radius 1 is 1.11 bits per heavy atom. The van der Waals surface area contributed by atoms with Gasteiger partial charge in [0, 0.05) is 32.7 Å². The molecule has 0 aliphatic rings. The van der Waals surface area contributed by atoms with Crippen LogP contribution in [0.4, 0.5) is 11.5 Å². The van der Waals surface area contributed by atoms with Gasteiger partial charge < -0.3 is 16.0 Å². The topological polar surface area (TPSA) is 83.8 Å². The average Bonchev–Trinajstić information content (AvgIpc) is 2.63. The molecule has 0 amide bonds. The number of rotatable bonds is 3. The molecule has 0 saturated heterocycles. The van der Waals surface area contributed by atoms with Crippen LogP contribution in [0.2, 0.25) is 0 Å². The van der Waals surface area contributed by atoms with E-state index in [1.54, 1.807) is 6.20 Å². The molecule has 0 unspecified atom stereocenters. The molecule has 0 fully saturated rings. The molecular formula is C22H21BrN4O. The zero-order valence-corrected chi connectivity index (χ0v) is 17.5. The summed E-state index contributed by atoms with van der Waals surface area (Å²) in [6, 6.07) is 13.7. The summed E-state index contributed by atoms with van der Waals surface area (Å²) in [6.45, 7) is 5.98. The standard InChI is InChI=1S/C22H21BrN4O/c1-12-4-5-13(22(2,3)24)10-18(12)27-20-15-8-9-25-21(28)19(15)16-11-14(23)6-7-17(16)26-20/h4-11H,24H2,1-3H3,(H,25,28)(H,26,27). The number of pyridine rings is 2. The normalized spacial score (nSPS) is 11.9. The van der Waals surface area contributed by atoms with Gasteiger partial charge >= 0.3 is 0 Å². The van der Waals surface area contributed by atoms with E-state index in [9.17, 15) is 4.79 Å². The fourth-order valence-electron chi connectivity index (χ4n) is 3.31. The van der Waals surface area contributed by atoms with Crippen molar-refractivity contribution in [2.24, 2.45) is 5.73 Å². The highest BCUT2D eigenvalue weighted by Gasteiger charge is 2.17. The fourth-order valence-corrected chi connectivity index (χ4v) is 3.67. The van der Waals surface area contributed by atoms with Crippen LogP contribution in [0.25, 0.3) is 21.7 Å². The minimum atomic E-state index is -0.452. The van der Waals surface area contributed by atoms with Gasteiger partial charge in [0.1, 0.15) is 5.82 Å². The molecule has 0 saturated carbocycles. The van der Waals surface area contributed by atoms with Gasteiger partial charge in [-0.2, -0.15) is 0 Å². The van der Waals surface area contributed by atoms with E-state index in [2.05, 4.69) is 26.2 Å². The van der Waals surface area contributed by atoms with Crippen molar-refractivity contribution in [1.29, 1.82) is 0 Å². The Hall–Kier alpha value is -2.70. The molecule has 4 aromatic rings. The number of H-pyrrole nitrogens is 1. The van der Waals surface area contributed by atoms with Crippen molar-refractivity contribution in [3.63, 3.8) is 0 Å². The predicted octanol–water partition coefficient (Wildman–Crippen LogP) is 5.08. The minimum absolute atomic E-state index is 0.139. The van der Waals surface area contributed by atoms with Crippen molar-refractivity contribution in [3.05, 3.63) is 74.6 Å². The lowest BCUT2D eigenvalue weighted by Crippen LogP contribution is -2.28. The number of hydrogen-bond donors (Lipinski definition) is 3. The summed E-state index contributed by atoms with van der Waals surface area (Å²) in [5, 5.41) is 5.63. The Morgan fingerprint density at radius 3 is 2.64 bits per heavy atom. The van der Waals surface area contributed by atoms with Crippen molar-refractivity contribution < 1.29 is 0 Å². The Balaban J connectivity index is 1.96. The van der Waals surface area contributed by atoms with E-state index in [4.69, 9.17) is 10.7 Å². The Labute approximate surface area is 171 Å². The van der Waals surface area contributed by atoms with Gasteiger partial charge in [-0.3, -0.25) is 4.79 Å². The van der Waals surface area contributed by atoms with Crippen molar-refractivity contribution in [3.8, 4) is 0 Å². The molecular weight excluding hydrogens is 416 g/mol. The number of nitrogens with two attached hydrogens (primary N) is 1. The van der Waals surface area contributed by atoms with E-state index in [1.807, 2.05) is 63.2 Å². The van der Waals surface area contributed by atoms with Crippen LogP contribution in [0.5, 0.6) is 0 Å². The molecule has 28 heavy (non-hydrogen) atoms. The largest absolute Gasteiger partial charge is 0.339 e. The summed E-state index contributed by atoms with van der Waals surface area (Å²) < 4.78 is 0.904. The molecule has 4 rings (SSSR count). The van der Waals surface area contributed by atoms with Crippen LogP contribution in [0.3, 0.4) is 0 Å². The first-order chi connectivity index (χ1) is 13.2. The van der Waals surface area contributed by atoms with Crippen LogP contribution in [0.1, 0.15) is 25.0 Å². The smallest absolute Gasteiger partial charge is 0.256 e. The zero-order valence-electron chi connectivity index (χ0n) is 15.9. The molecule has 142 valence electrons. The highest BCUT2D eigenvalue weighted by molar-refractivity contribution is 9.10. The molecule has 0 aliphatic heterocycles. The van der Waals surface area contributed by atoms with Gasteiger partial charge in [-0.15, -0.1) is 0 Å². The number of anilines is 2. The molecule has 0 spiro atoms. The summed E-state index contributed by atoms with van der Waals surface area (Å²) in [7, 11) is 0. The number of aromatic nitrogens is 2. The van der Waals surface area contributed by atoms with Crippen molar-refractivity contribution >= 4 is 49.1 Å². The number of hydrogen-bond acceptors (Lipinski definition) is 4. The maximum Gasteiger partial charge on any atom is 0.256 e. The third-order valence-corrected chi connectivity index (χ3v) is 5.40. The van der Waals surface area contributed by atoms with Gasteiger partial charge in [0.15, 0.2) is 0 Å². The van der Waals surface area contributed by atoms with E-state index < -0.39 is 5.54 Å². The van der Waals surface area contributed by atoms with E-state index in [-0.39, 0.29) is 5.56 Å². The Bertz CT molecular complexity index is 1270. The minimum Gasteiger partial charge on any atom is -0.339 e. The van der Waals surface area contributed by atoms with Gasteiger partial charge in [0.25, 0.3) is 5.56 Å². The van der Waals surface area contributed by atoms with E-state index in [0.717, 1.165) is 37.6 Å². The zero-order chi connectivity index (χ0) is 20.1. The van der Waals surface area contributed by atoms with E-state index in [0.29, 0.717) is 11.2 Å². The molecule has 6 heteroatoms. The molecule has 2 aromatic carbocycles. The van der Waals surface area contributed by atoms with Crippen LogP contribution in [0.15, 0.2) is 57.9 Å². The number of aryl methyl sites for hydroxylation is 1. The second kappa shape index (κ2) is 6.72. The molecule has 4 N–H and O–H groups in total. The predicted molar refractivity (Wildman–Crippen MR) is 119 cm³/mol. The van der Waals surface area contributed by atoms with Gasteiger partial charge in [-0.05, 0) is 62.2 Å². The first kappa shape index (κ1) is 18.7. The van der Waals surface area contributed by atoms with Crippen LogP contribution < -0.4 is 16.6 Å². The first-order valence-corrected chi connectivity index (χ1v) is 9.81. The summed E-state index contributed by atoms with van der Waals surface area (Å²) in [5.41, 5.74) is 9.45. The molecule has 0 aliphatic carbocycles.